The molecular formula is C16H12N6O2. The fraction of sp³-hybridized carbons (Fsp3) is 0.0625. The molecular weight excluding hydrogens is 308 g/mol. The van der Waals surface area contributed by atoms with E-state index < -0.39 is 5.91 Å². The molecule has 0 spiro atoms. The van der Waals surface area contributed by atoms with Gasteiger partial charge in [-0.25, -0.2) is 0 Å². The first-order chi connectivity index (χ1) is 11.6. The smallest absolute Gasteiger partial charge is 0.277 e. The largest absolute Gasteiger partial charge is 0.360 e. The molecule has 1 aromatic carbocycles. The molecule has 3 rings (SSSR count). The molecule has 0 bridgehead atoms. The third kappa shape index (κ3) is 3.53. The number of benzene rings is 1. The number of aromatic nitrogens is 3. The van der Waals surface area contributed by atoms with Crippen LogP contribution in [0, 0.1) is 18.3 Å². The van der Waals surface area contributed by atoms with Gasteiger partial charge in [0, 0.05) is 11.8 Å². The highest BCUT2D eigenvalue weighted by Crippen LogP contribution is 2.15. The van der Waals surface area contributed by atoms with Crippen LogP contribution in [-0.2, 0) is 0 Å². The van der Waals surface area contributed by atoms with Crippen LogP contribution < -0.4 is 10.6 Å². The van der Waals surface area contributed by atoms with Crippen LogP contribution in [0.2, 0.25) is 0 Å². The van der Waals surface area contributed by atoms with E-state index in [1.54, 1.807) is 43.3 Å². The molecule has 0 aliphatic heterocycles. The van der Waals surface area contributed by atoms with Crippen molar-refractivity contribution in [2.45, 2.75) is 6.92 Å². The Hall–Kier alpha value is -3.73. The number of carbonyl (C=O) groups is 1. The maximum atomic E-state index is 12.0. The minimum atomic E-state index is -0.436. The summed E-state index contributed by atoms with van der Waals surface area (Å²) in [6.45, 7) is 1.73. The number of hydrogen-bond acceptors (Lipinski definition) is 7. The Morgan fingerprint density at radius 3 is 2.71 bits per heavy atom. The Balaban J connectivity index is 1.68. The van der Waals surface area contributed by atoms with Crippen molar-refractivity contribution in [3.05, 3.63) is 59.5 Å². The molecule has 0 radical (unpaired) electrons. The number of amides is 1. The number of carbonyl (C=O) groups excluding carboxylic acids is 1. The van der Waals surface area contributed by atoms with E-state index in [-0.39, 0.29) is 5.69 Å². The van der Waals surface area contributed by atoms with E-state index in [0.717, 1.165) is 0 Å². The summed E-state index contributed by atoms with van der Waals surface area (Å²) in [5, 5.41) is 26.0. The summed E-state index contributed by atoms with van der Waals surface area (Å²) in [5.41, 5.74) is 1.39. The average molecular weight is 320 g/mol. The lowest BCUT2D eigenvalue weighted by molar-refractivity contribution is 0.102. The van der Waals surface area contributed by atoms with Gasteiger partial charge in [-0.3, -0.25) is 4.79 Å². The standard InChI is InChI=1S/C16H12N6O2/c1-10-7-15(22-24-10)19-16(23)13-5-6-14(21-20-13)18-12-4-2-3-11(8-12)9-17/h2-8H,1H3,(H,18,21)(H,19,22,23). The first kappa shape index (κ1) is 15.2. The van der Waals surface area contributed by atoms with Gasteiger partial charge in [0.2, 0.25) is 0 Å². The van der Waals surface area contributed by atoms with Crippen molar-refractivity contribution in [3.63, 3.8) is 0 Å². The lowest BCUT2D eigenvalue weighted by Gasteiger charge is -2.05. The van der Waals surface area contributed by atoms with Crippen molar-refractivity contribution in [1.82, 2.24) is 15.4 Å². The zero-order chi connectivity index (χ0) is 16.9. The van der Waals surface area contributed by atoms with Gasteiger partial charge in [-0.1, -0.05) is 11.2 Å². The van der Waals surface area contributed by atoms with Crippen LogP contribution >= 0.6 is 0 Å². The summed E-state index contributed by atoms with van der Waals surface area (Å²) >= 11 is 0. The van der Waals surface area contributed by atoms with Crippen LogP contribution in [0.5, 0.6) is 0 Å². The molecule has 0 unspecified atom stereocenters. The average Bonchev–Trinajstić information content (AvgIpc) is 3.00. The minimum absolute atomic E-state index is 0.145. The quantitative estimate of drug-likeness (QED) is 0.758. The second-order valence-electron chi connectivity index (χ2n) is 4.90. The van der Waals surface area contributed by atoms with Crippen molar-refractivity contribution in [2.75, 3.05) is 10.6 Å². The SMILES string of the molecule is Cc1cc(NC(=O)c2ccc(Nc3cccc(C#N)c3)nn2)no1. The molecule has 0 fully saturated rings. The zero-order valence-corrected chi connectivity index (χ0v) is 12.6. The molecule has 0 saturated heterocycles. The highest BCUT2D eigenvalue weighted by Gasteiger charge is 2.11. The monoisotopic (exact) mass is 320 g/mol. The molecule has 2 heterocycles. The number of aryl methyl sites for hydroxylation is 1. The predicted octanol–water partition coefficient (Wildman–Crippen LogP) is 2.64. The van der Waals surface area contributed by atoms with Crippen molar-refractivity contribution >= 4 is 23.2 Å². The number of nitriles is 1. The van der Waals surface area contributed by atoms with E-state index >= 15 is 0 Å². The highest BCUT2D eigenvalue weighted by molar-refractivity contribution is 6.02. The normalized spacial score (nSPS) is 10.0. The summed E-state index contributed by atoms with van der Waals surface area (Å²) in [5.74, 6) is 0.929. The molecule has 3 aromatic rings. The van der Waals surface area contributed by atoms with Crippen LogP contribution in [-0.4, -0.2) is 21.3 Å². The van der Waals surface area contributed by atoms with E-state index in [0.29, 0.717) is 28.6 Å². The number of rotatable bonds is 4. The van der Waals surface area contributed by atoms with Crippen molar-refractivity contribution in [3.8, 4) is 6.07 Å². The van der Waals surface area contributed by atoms with Gasteiger partial charge in [-0.15, -0.1) is 10.2 Å². The Bertz CT molecular complexity index is 911. The van der Waals surface area contributed by atoms with Crippen molar-refractivity contribution < 1.29 is 9.32 Å². The van der Waals surface area contributed by atoms with Crippen LogP contribution in [0.1, 0.15) is 21.8 Å². The molecule has 0 aliphatic carbocycles. The minimum Gasteiger partial charge on any atom is -0.360 e. The van der Waals surface area contributed by atoms with Crippen LogP contribution in [0.4, 0.5) is 17.3 Å². The van der Waals surface area contributed by atoms with E-state index in [2.05, 4.69) is 32.1 Å². The Morgan fingerprint density at radius 2 is 2.04 bits per heavy atom. The summed E-state index contributed by atoms with van der Waals surface area (Å²) in [7, 11) is 0. The second kappa shape index (κ2) is 6.58. The molecule has 0 aliphatic rings. The van der Waals surface area contributed by atoms with Gasteiger partial charge in [-0.2, -0.15) is 5.26 Å². The summed E-state index contributed by atoms with van der Waals surface area (Å²) in [4.78, 5) is 12.0. The lowest BCUT2D eigenvalue weighted by atomic mass is 10.2. The third-order valence-corrected chi connectivity index (χ3v) is 3.03. The number of nitrogens with zero attached hydrogens (tertiary/aromatic N) is 4. The third-order valence-electron chi connectivity index (χ3n) is 3.03. The second-order valence-corrected chi connectivity index (χ2v) is 4.90. The summed E-state index contributed by atoms with van der Waals surface area (Å²) in [6, 6.07) is 13.8. The highest BCUT2D eigenvalue weighted by atomic mass is 16.5. The molecule has 0 atom stereocenters. The van der Waals surface area contributed by atoms with Gasteiger partial charge in [-0.05, 0) is 37.3 Å². The van der Waals surface area contributed by atoms with Crippen molar-refractivity contribution in [1.29, 1.82) is 5.26 Å². The first-order valence-electron chi connectivity index (χ1n) is 6.99. The fourth-order valence-electron chi connectivity index (χ4n) is 1.94. The number of hydrogen-bond donors (Lipinski definition) is 2. The number of nitrogens with one attached hydrogen (secondary N) is 2. The molecule has 8 nitrogen and oxygen atoms in total. The van der Waals surface area contributed by atoms with Crippen molar-refractivity contribution in [2.24, 2.45) is 0 Å². The maximum Gasteiger partial charge on any atom is 0.277 e. The Labute approximate surface area is 137 Å². The Kier molecular flexibility index (Phi) is 4.16. The van der Waals surface area contributed by atoms with Crippen LogP contribution in [0.25, 0.3) is 0 Å². The van der Waals surface area contributed by atoms with E-state index in [1.165, 1.54) is 6.07 Å². The maximum absolute atomic E-state index is 12.0. The molecule has 8 heteroatoms. The zero-order valence-electron chi connectivity index (χ0n) is 12.6. The summed E-state index contributed by atoms with van der Waals surface area (Å²) < 4.78 is 4.87. The molecule has 0 saturated carbocycles. The molecule has 24 heavy (non-hydrogen) atoms. The fourth-order valence-corrected chi connectivity index (χ4v) is 1.94. The Morgan fingerprint density at radius 1 is 1.17 bits per heavy atom. The van der Waals surface area contributed by atoms with Gasteiger partial charge in [0.15, 0.2) is 17.3 Å². The van der Waals surface area contributed by atoms with Gasteiger partial charge in [0.25, 0.3) is 5.91 Å². The van der Waals surface area contributed by atoms with E-state index in [1.807, 2.05) is 0 Å². The number of anilines is 3. The molecule has 1 amide bonds. The van der Waals surface area contributed by atoms with Crippen LogP contribution in [0.15, 0.2) is 47.0 Å². The first-order valence-corrected chi connectivity index (χ1v) is 6.99. The van der Waals surface area contributed by atoms with E-state index in [4.69, 9.17) is 9.78 Å². The van der Waals surface area contributed by atoms with Crippen LogP contribution in [0.3, 0.4) is 0 Å². The van der Waals surface area contributed by atoms with Gasteiger partial charge in [0.1, 0.15) is 5.76 Å². The topological polar surface area (TPSA) is 117 Å². The lowest BCUT2D eigenvalue weighted by Crippen LogP contribution is -2.14. The molecule has 118 valence electrons. The molecule has 2 aromatic heterocycles. The van der Waals surface area contributed by atoms with Gasteiger partial charge >= 0.3 is 0 Å². The summed E-state index contributed by atoms with van der Waals surface area (Å²) in [6.07, 6.45) is 0. The van der Waals surface area contributed by atoms with Gasteiger partial charge in [0.05, 0.1) is 11.6 Å². The molecule has 2 N–H and O–H groups in total. The predicted molar refractivity (Wildman–Crippen MR) is 85.7 cm³/mol. The van der Waals surface area contributed by atoms with Gasteiger partial charge < -0.3 is 15.2 Å². The van der Waals surface area contributed by atoms with E-state index in [9.17, 15) is 4.79 Å².